The number of hydrogen-bond donors (Lipinski definition) is 1. The molecule has 1 saturated carbocycles. The SMILES string of the molecule is COc1ccccc1CCNC1=NCC(C2CC2)S1. The minimum atomic E-state index is 0.744. The standard InChI is InChI=1S/C15H20N2OS/c1-18-13-5-3-2-4-11(13)8-9-16-15-17-10-14(19-15)12-6-7-12/h2-5,12,14H,6-10H2,1H3,(H,16,17). The molecular formula is C15H20N2OS. The number of rotatable bonds is 5. The number of para-hydroxylation sites is 1. The summed E-state index contributed by atoms with van der Waals surface area (Å²) in [5.74, 6) is 1.91. The molecule has 0 saturated heterocycles. The second kappa shape index (κ2) is 5.87. The van der Waals surface area contributed by atoms with Crippen LogP contribution in [0.3, 0.4) is 0 Å². The molecule has 1 aliphatic heterocycles. The van der Waals surface area contributed by atoms with E-state index in [1.165, 1.54) is 18.4 Å². The highest BCUT2D eigenvalue weighted by atomic mass is 32.2. The van der Waals surface area contributed by atoms with E-state index in [0.29, 0.717) is 0 Å². The number of aliphatic imine (C=N–C) groups is 1. The minimum Gasteiger partial charge on any atom is -0.496 e. The fraction of sp³-hybridized carbons (Fsp3) is 0.533. The highest BCUT2D eigenvalue weighted by Crippen LogP contribution is 2.41. The van der Waals surface area contributed by atoms with E-state index < -0.39 is 0 Å². The molecule has 3 nitrogen and oxygen atoms in total. The first-order valence-electron chi connectivity index (χ1n) is 6.93. The molecule has 1 atom stereocenters. The maximum absolute atomic E-state index is 5.36. The van der Waals surface area contributed by atoms with Crippen LogP contribution in [0.15, 0.2) is 29.3 Å². The maximum Gasteiger partial charge on any atom is 0.156 e. The topological polar surface area (TPSA) is 33.6 Å². The van der Waals surface area contributed by atoms with E-state index in [2.05, 4.69) is 22.4 Å². The Hall–Kier alpha value is -1.16. The van der Waals surface area contributed by atoms with Crippen molar-refractivity contribution in [2.24, 2.45) is 10.9 Å². The summed E-state index contributed by atoms with van der Waals surface area (Å²) < 4.78 is 5.36. The van der Waals surface area contributed by atoms with Crippen molar-refractivity contribution in [1.29, 1.82) is 0 Å². The van der Waals surface area contributed by atoms with Gasteiger partial charge in [0.05, 0.1) is 13.7 Å². The van der Waals surface area contributed by atoms with Crippen molar-refractivity contribution in [3.63, 3.8) is 0 Å². The zero-order chi connectivity index (χ0) is 13.1. The first-order chi connectivity index (χ1) is 9.36. The third-order valence-corrected chi connectivity index (χ3v) is 5.02. The van der Waals surface area contributed by atoms with Crippen molar-refractivity contribution in [3.8, 4) is 5.75 Å². The van der Waals surface area contributed by atoms with Crippen LogP contribution in [0.1, 0.15) is 18.4 Å². The molecule has 0 spiro atoms. The van der Waals surface area contributed by atoms with Crippen molar-refractivity contribution < 1.29 is 4.74 Å². The van der Waals surface area contributed by atoms with E-state index in [1.807, 2.05) is 23.9 Å². The molecule has 1 fully saturated rings. The van der Waals surface area contributed by atoms with Gasteiger partial charge in [-0.25, -0.2) is 0 Å². The first-order valence-corrected chi connectivity index (χ1v) is 7.81. The van der Waals surface area contributed by atoms with E-state index in [1.54, 1.807) is 7.11 Å². The van der Waals surface area contributed by atoms with Gasteiger partial charge in [-0.1, -0.05) is 30.0 Å². The number of benzene rings is 1. The first kappa shape index (κ1) is 12.9. The van der Waals surface area contributed by atoms with Crippen molar-refractivity contribution in [2.75, 3.05) is 20.2 Å². The Morgan fingerprint density at radius 1 is 1.37 bits per heavy atom. The van der Waals surface area contributed by atoms with Crippen LogP contribution >= 0.6 is 11.8 Å². The monoisotopic (exact) mass is 276 g/mol. The van der Waals surface area contributed by atoms with Crippen molar-refractivity contribution in [3.05, 3.63) is 29.8 Å². The van der Waals surface area contributed by atoms with Gasteiger partial charge in [0, 0.05) is 11.8 Å². The van der Waals surface area contributed by atoms with Crippen LogP contribution in [-0.2, 0) is 6.42 Å². The number of nitrogens with zero attached hydrogens (tertiary/aromatic N) is 1. The fourth-order valence-corrected chi connectivity index (χ4v) is 3.65. The summed E-state index contributed by atoms with van der Waals surface area (Å²) in [4.78, 5) is 4.59. The Morgan fingerprint density at radius 3 is 3.00 bits per heavy atom. The molecule has 19 heavy (non-hydrogen) atoms. The van der Waals surface area contributed by atoms with E-state index in [-0.39, 0.29) is 0 Å². The Morgan fingerprint density at radius 2 is 2.21 bits per heavy atom. The number of nitrogens with one attached hydrogen (secondary N) is 1. The van der Waals surface area contributed by atoms with E-state index in [0.717, 1.165) is 41.6 Å². The lowest BCUT2D eigenvalue weighted by atomic mass is 10.1. The summed E-state index contributed by atoms with van der Waals surface area (Å²) in [7, 11) is 1.73. The van der Waals surface area contributed by atoms with Gasteiger partial charge in [-0.2, -0.15) is 0 Å². The average Bonchev–Trinajstić information content (AvgIpc) is 3.19. The molecule has 0 amide bonds. The third-order valence-electron chi connectivity index (χ3n) is 3.69. The quantitative estimate of drug-likeness (QED) is 0.898. The predicted molar refractivity (Wildman–Crippen MR) is 81.1 cm³/mol. The Kier molecular flexibility index (Phi) is 3.97. The van der Waals surface area contributed by atoms with Gasteiger partial charge in [-0.15, -0.1) is 0 Å². The number of thioether (sulfide) groups is 1. The predicted octanol–water partition coefficient (Wildman–Crippen LogP) is 2.71. The summed E-state index contributed by atoms with van der Waals surface area (Å²) in [5, 5.41) is 5.33. The van der Waals surface area contributed by atoms with Crippen molar-refractivity contribution >= 4 is 16.9 Å². The second-order valence-corrected chi connectivity index (χ2v) is 6.36. The van der Waals surface area contributed by atoms with Gasteiger partial charge >= 0.3 is 0 Å². The van der Waals surface area contributed by atoms with Gasteiger partial charge in [0.25, 0.3) is 0 Å². The second-order valence-electron chi connectivity index (χ2n) is 5.13. The van der Waals surface area contributed by atoms with Gasteiger partial charge in [-0.3, -0.25) is 4.99 Å². The molecule has 2 aliphatic rings. The number of amidine groups is 1. The van der Waals surface area contributed by atoms with E-state index in [4.69, 9.17) is 4.74 Å². The summed E-state index contributed by atoms with van der Waals surface area (Å²) in [5.41, 5.74) is 1.25. The largest absolute Gasteiger partial charge is 0.496 e. The minimum absolute atomic E-state index is 0.744. The Bertz CT molecular complexity index is 471. The van der Waals surface area contributed by atoms with Gasteiger partial charge in [-0.05, 0) is 36.8 Å². The normalized spacial score (nSPS) is 22.2. The molecule has 3 rings (SSSR count). The van der Waals surface area contributed by atoms with Crippen LogP contribution in [-0.4, -0.2) is 30.6 Å². The number of methoxy groups -OCH3 is 1. The fourth-order valence-electron chi connectivity index (χ4n) is 2.42. The molecule has 1 aromatic carbocycles. The van der Waals surface area contributed by atoms with Crippen molar-refractivity contribution in [1.82, 2.24) is 5.32 Å². The van der Waals surface area contributed by atoms with Crippen LogP contribution in [0.2, 0.25) is 0 Å². The third kappa shape index (κ3) is 3.24. The highest BCUT2D eigenvalue weighted by molar-refractivity contribution is 8.14. The van der Waals surface area contributed by atoms with Gasteiger partial charge in [0.1, 0.15) is 5.75 Å². The molecule has 0 bridgehead atoms. The molecule has 1 aromatic rings. The van der Waals surface area contributed by atoms with Crippen LogP contribution in [0.4, 0.5) is 0 Å². The number of hydrogen-bond acceptors (Lipinski definition) is 4. The summed E-state index contributed by atoms with van der Waals surface area (Å²) in [6.45, 7) is 1.93. The van der Waals surface area contributed by atoms with Crippen LogP contribution in [0, 0.1) is 5.92 Å². The molecule has 1 heterocycles. The summed E-state index contributed by atoms with van der Waals surface area (Å²) >= 11 is 1.93. The summed E-state index contributed by atoms with van der Waals surface area (Å²) in [6, 6.07) is 8.20. The molecule has 0 aromatic heterocycles. The Labute approximate surface area is 118 Å². The lowest BCUT2D eigenvalue weighted by molar-refractivity contribution is 0.409. The zero-order valence-corrected chi connectivity index (χ0v) is 12.1. The molecule has 0 radical (unpaired) electrons. The van der Waals surface area contributed by atoms with Crippen molar-refractivity contribution in [2.45, 2.75) is 24.5 Å². The maximum atomic E-state index is 5.36. The molecule has 1 N–H and O–H groups in total. The smallest absolute Gasteiger partial charge is 0.156 e. The Balaban J connectivity index is 1.45. The lowest BCUT2D eigenvalue weighted by Gasteiger charge is -2.10. The summed E-state index contributed by atoms with van der Waals surface area (Å²) in [6.07, 6.45) is 3.78. The lowest BCUT2D eigenvalue weighted by Crippen LogP contribution is -2.22. The van der Waals surface area contributed by atoms with Crippen LogP contribution in [0.25, 0.3) is 0 Å². The molecule has 4 heteroatoms. The molecule has 1 aliphatic carbocycles. The number of ether oxygens (including phenoxy) is 1. The van der Waals surface area contributed by atoms with E-state index in [9.17, 15) is 0 Å². The van der Waals surface area contributed by atoms with Gasteiger partial charge < -0.3 is 10.1 Å². The van der Waals surface area contributed by atoms with Gasteiger partial charge in [0.2, 0.25) is 0 Å². The zero-order valence-electron chi connectivity index (χ0n) is 11.3. The molecular weight excluding hydrogens is 256 g/mol. The van der Waals surface area contributed by atoms with Gasteiger partial charge in [0.15, 0.2) is 5.17 Å². The van der Waals surface area contributed by atoms with Crippen LogP contribution in [0.5, 0.6) is 5.75 Å². The molecule has 102 valence electrons. The van der Waals surface area contributed by atoms with E-state index >= 15 is 0 Å². The molecule has 1 unspecified atom stereocenters. The average molecular weight is 276 g/mol. The van der Waals surface area contributed by atoms with Crippen LogP contribution < -0.4 is 10.1 Å². The highest BCUT2D eigenvalue weighted by Gasteiger charge is 2.35.